The second kappa shape index (κ2) is 11.1. The van der Waals surface area contributed by atoms with E-state index >= 15 is 0 Å². The van der Waals surface area contributed by atoms with Crippen molar-refractivity contribution in [2.75, 3.05) is 31.2 Å². The van der Waals surface area contributed by atoms with E-state index in [1.54, 1.807) is 40.6 Å². The number of amides is 2. The van der Waals surface area contributed by atoms with Crippen LogP contribution in [0.15, 0.2) is 30.9 Å². The molecule has 3 saturated heterocycles. The van der Waals surface area contributed by atoms with Crippen LogP contribution in [-0.4, -0.2) is 75.0 Å². The molecule has 36 heavy (non-hydrogen) atoms. The molecule has 0 saturated carbocycles. The molecule has 3 fully saturated rings. The quantitative estimate of drug-likeness (QED) is 0.190. The van der Waals surface area contributed by atoms with Gasteiger partial charge in [0.2, 0.25) is 5.91 Å². The summed E-state index contributed by atoms with van der Waals surface area (Å²) in [4.78, 5) is 44.8. The predicted octanol–water partition coefficient (Wildman–Crippen LogP) is 3.97. The monoisotopic (exact) mass is 598 g/mol. The summed E-state index contributed by atoms with van der Waals surface area (Å²) in [5.74, 6) is -2.06. The van der Waals surface area contributed by atoms with Crippen molar-refractivity contribution in [1.82, 2.24) is 4.90 Å². The molecule has 2 amide bonds. The molecule has 1 N–H and O–H groups in total. The standard InChI is InChI=1S/C26H32BrClN2O5S/c1-4-11-29(20-15(3)9-8-10-17(20)28)24(33)22-26-14-16(27)21(36-26)18(25(34)35-5-2)19(26)23(32)30(22)12-6-7-13-31/h4,8-10,16,18-19,21-22,31H,1,5-7,11-14H2,2-3H3/t16?,18-,19-,21-,22?,26?/m0/s1. The maximum absolute atomic E-state index is 14.5. The number of aliphatic hydroxyl groups excluding tert-OH is 1. The number of thioether (sulfide) groups is 1. The lowest BCUT2D eigenvalue weighted by atomic mass is 9.71. The lowest BCUT2D eigenvalue weighted by molar-refractivity contribution is -0.153. The van der Waals surface area contributed by atoms with Gasteiger partial charge in [0, 0.05) is 29.8 Å². The van der Waals surface area contributed by atoms with Crippen LogP contribution in [0.5, 0.6) is 0 Å². The van der Waals surface area contributed by atoms with Gasteiger partial charge in [-0.15, -0.1) is 18.3 Å². The molecule has 3 aliphatic heterocycles. The van der Waals surface area contributed by atoms with Gasteiger partial charge in [-0.05, 0) is 44.7 Å². The number of hydrogen-bond donors (Lipinski definition) is 1. The Morgan fingerprint density at radius 2 is 2.17 bits per heavy atom. The molecule has 3 aliphatic rings. The van der Waals surface area contributed by atoms with Gasteiger partial charge < -0.3 is 19.6 Å². The lowest BCUT2D eigenvalue weighted by Gasteiger charge is -2.38. The van der Waals surface area contributed by atoms with Crippen molar-refractivity contribution in [2.24, 2.45) is 11.8 Å². The fourth-order valence-electron chi connectivity index (χ4n) is 6.08. The van der Waals surface area contributed by atoms with Crippen LogP contribution < -0.4 is 4.90 Å². The number of carbonyl (C=O) groups is 3. The van der Waals surface area contributed by atoms with Gasteiger partial charge in [-0.1, -0.05) is 45.7 Å². The Hall–Kier alpha value is -1.55. The largest absolute Gasteiger partial charge is 0.466 e. The number of anilines is 1. The van der Waals surface area contributed by atoms with E-state index in [1.807, 2.05) is 19.1 Å². The third-order valence-corrected chi connectivity index (χ3v) is 10.9. The highest BCUT2D eigenvalue weighted by Gasteiger charge is 2.76. The number of fused-ring (bicyclic) bond motifs is 1. The summed E-state index contributed by atoms with van der Waals surface area (Å²) in [6, 6.07) is 4.69. The zero-order chi connectivity index (χ0) is 26.2. The number of benzene rings is 1. The van der Waals surface area contributed by atoms with Gasteiger partial charge in [0.15, 0.2) is 0 Å². The number of halogens is 2. The summed E-state index contributed by atoms with van der Waals surface area (Å²) in [6.07, 6.45) is 3.30. The van der Waals surface area contributed by atoms with Crippen molar-refractivity contribution in [3.05, 3.63) is 41.4 Å². The molecular formula is C26H32BrClN2O5S. The highest BCUT2D eigenvalue weighted by Crippen LogP contribution is 2.68. The van der Waals surface area contributed by atoms with Crippen LogP contribution in [0.3, 0.4) is 0 Å². The molecule has 6 atom stereocenters. The fraction of sp³-hybridized carbons (Fsp3) is 0.577. The maximum atomic E-state index is 14.5. The number of para-hydroxylation sites is 1. The molecule has 3 heterocycles. The molecular weight excluding hydrogens is 568 g/mol. The van der Waals surface area contributed by atoms with E-state index in [0.717, 1.165) is 5.56 Å². The van der Waals surface area contributed by atoms with Gasteiger partial charge in [-0.25, -0.2) is 0 Å². The molecule has 0 radical (unpaired) electrons. The van der Waals surface area contributed by atoms with Gasteiger partial charge in [0.1, 0.15) is 6.04 Å². The van der Waals surface area contributed by atoms with E-state index in [9.17, 15) is 19.5 Å². The molecule has 1 spiro atoms. The number of alkyl halides is 1. The van der Waals surface area contributed by atoms with Gasteiger partial charge >= 0.3 is 5.97 Å². The van der Waals surface area contributed by atoms with Crippen LogP contribution in [0.25, 0.3) is 0 Å². The van der Waals surface area contributed by atoms with Crippen LogP contribution in [0.4, 0.5) is 5.69 Å². The van der Waals surface area contributed by atoms with E-state index in [1.165, 1.54) is 0 Å². The minimum absolute atomic E-state index is 0.00235. The number of rotatable bonds is 10. The van der Waals surface area contributed by atoms with Gasteiger partial charge in [0.25, 0.3) is 5.91 Å². The Labute approximate surface area is 229 Å². The molecule has 4 rings (SSSR count). The van der Waals surface area contributed by atoms with Crippen molar-refractivity contribution in [1.29, 1.82) is 0 Å². The van der Waals surface area contributed by atoms with Crippen LogP contribution >= 0.6 is 39.3 Å². The summed E-state index contributed by atoms with van der Waals surface area (Å²) >= 11 is 11.9. The van der Waals surface area contributed by atoms with Crippen LogP contribution in [-0.2, 0) is 19.1 Å². The minimum atomic E-state index is -0.779. The highest BCUT2D eigenvalue weighted by molar-refractivity contribution is 9.09. The van der Waals surface area contributed by atoms with Gasteiger partial charge in [-0.3, -0.25) is 14.4 Å². The van der Waals surface area contributed by atoms with E-state index < -0.39 is 22.6 Å². The molecule has 196 valence electrons. The van der Waals surface area contributed by atoms with E-state index in [0.29, 0.717) is 36.5 Å². The lowest BCUT2D eigenvalue weighted by Crippen LogP contribution is -2.55. The predicted molar refractivity (Wildman–Crippen MR) is 146 cm³/mol. The topological polar surface area (TPSA) is 87.2 Å². The van der Waals surface area contributed by atoms with Crippen molar-refractivity contribution in [3.63, 3.8) is 0 Å². The first-order valence-electron chi connectivity index (χ1n) is 12.3. The zero-order valence-corrected chi connectivity index (χ0v) is 23.7. The number of aryl methyl sites for hydroxylation is 1. The van der Waals surface area contributed by atoms with Crippen molar-refractivity contribution >= 4 is 62.8 Å². The minimum Gasteiger partial charge on any atom is -0.466 e. The molecule has 10 heteroatoms. The number of ether oxygens (including phenoxy) is 1. The summed E-state index contributed by atoms with van der Waals surface area (Å²) in [5.41, 5.74) is 1.44. The third kappa shape index (κ3) is 4.40. The van der Waals surface area contributed by atoms with Gasteiger partial charge in [0.05, 0.1) is 33.9 Å². The number of likely N-dealkylation sites (tertiary alicyclic amines) is 1. The number of esters is 1. The first-order valence-corrected chi connectivity index (χ1v) is 14.5. The Morgan fingerprint density at radius 3 is 2.81 bits per heavy atom. The number of aliphatic hydroxyl groups is 1. The summed E-state index contributed by atoms with van der Waals surface area (Å²) in [7, 11) is 0. The number of hydrogen-bond acceptors (Lipinski definition) is 6. The number of unbranched alkanes of at least 4 members (excludes halogenated alkanes) is 1. The summed E-state index contributed by atoms with van der Waals surface area (Å²) < 4.78 is 4.63. The van der Waals surface area contributed by atoms with E-state index in [2.05, 4.69) is 22.5 Å². The van der Waals surface area contributed by atoms with Crippen molar-refractivity contribution in [3.8, 4) is 0 Å². The molecule has 1 aromatic carbocycles. The average Bonchev–Trinajstić information content (AvgIpc) is 3.42. The molecule has 7 nitrogen and oxygen atoms in total. The zero-order valence-electron chi connectivity index (χ0n) is 20.5. The van der Waals surface area contributed by atoms with Crippen LogP contribution in [0.2, 0.25) is 5.02 Å². The van der Waals surface area contributed by atoms with E-state index in [4.69, 9.17) is 16.3 Å². The third-order valence-electron chi connectivity index (χ3n) is 7.43. The van der Waals surface area contributed by atoms with Crippen LogP contribution in [0.1, 0.15) is 31.7 Å². The molecule has 1 aromatic rings. The van der Waals surface area contributed by atoms with Crippen molar-refractivity contribution < 1.29 is 24.2 Å². The summed E-state index contributed by atoms with van der Waals surface area (Å²) in [6.45, 7) is 8.28. The molecule has 0 aliphatic carbocycles. The maximum Gasteiger partial charge on any atom is 0.310 e. The Morgan fingerprint density at radius 1 is 1.42 bits per heavy atom. The first-order chi connectivity index (χ1) is 17.2. The Kier molecular flexibility index (Phi) is 8.44. The fourth-order valence-corrected chi connectivity index (χ4v) is 10.0. The number of carbonyl (C=O) groups excluding carboxylic acids is 3. The number of nitrogens with zero attached hydrogens (tertiary/aromatic N) is 2. The Balaban J connectivity index is 1.81. The van der Waals surface area contributed by atoms with Crippen molar-refractivity contribution in [2.45, 2.75) is 54.0 Å². The molecule has 0 aromatic heterocycles. The molecule has 2 bridgehead atoms. The SMILES string of the molecule is C=CCN(C(=O)C1N(CCCCO)C(=O)[C@@H]2[C@H](C(=O)OCC)[C@H]3SC12CC3Br)c1c(C)cccc1Cl. The Bertz CT molecular complexity index is 1040. The highest BCUT2D eigenvalue weighted by atomic mass is 79.9. The van der Waals surface area contributed by atoms with Crippen LogP contribution in [0, 0.1) is 18.8 Å². The first kappa shape index (κ1) is 27.5. The van der Waals surface area contributed by atoms with E-state index in [-0.39, 0.29) is 47.6 Å². The average molecular weight is 600 g/mol. The van der Waals surface area contributed by atoms with Gasteiger partial charge in [-0.2, -0.15) is 0 Å². The smallest absolute Gasteiger partial charge is 0.310 e. The molecule has 3 unspecified atom stereocenters. The normalized spacial score (nSPS) is 30.4. The second-order valence-electron chi connectivity index (χ2n) is 9.52. The second-order valence-corrected chi connectivity index (χ2v) is 12.6. The summed E-state index contributed by atoms with van der Waals surface area (Å²) in [5, 5.41) is 9.64.